The van der Waals surface area contributed by atoms with E-state index in [0.717, 1.165) is 0 Å². The molecule has 0 saturated heterocycles. The highest BCUT2D eigenvalue weighted by atomic mass is 35.5. The highest BCUT2D eigenvalue weighted by Crippen LogP contribution is 2.22. The second-order valence-electron chi connectivity index (χ2n) is 3.91. The standard InChI is InChI=1S/C14H16ClNO3/c1-3-5-13(9(2)16)19-8-11-10(14(17)18)6-4-7-12(11)15/h3-7H,8,16H2,1-2H3,(H,17,18)/b5-3-,13-9+. The van der Waals surface area contributed by atoms with E-state index >= 15 is 0 Å². The number of hydrogen-bond acceptors (Lipinski definition) is 3. The molecule has 1 rings (SSSR count). The molecule has 0 radical (unpaired) electrons. The number of benzene rings is 1. The predicted molar refractivity (Wildman–Crippen MR) is 74.9 cm³/mol. The van der Waals surface area contributed by atoms with E-state index in [1.54, 1.807) is 31.2 Å². The Bertz CT molecular complexity index is 531. The van der Waals surface area contributed by atoms with E-state index in [1.165, 1.54) is 6.07 Å². The number of ether oxygens (including phenoxy) is 1. The maximum atomic E-state index is 11.1. The lowest BCUT2D eigenvalue weighted by atomic mass is 10.1. The molecule has 0 heterocycles. The van der Waals surface area contributed by atoms with Gasteiger partial charge in [0.1, 0.15) is 12.4 Å². The Morgan fingerprint density at radius 2 is 2.21 bits per heavy atom. The summed E-state index contributed by atoms with van der Waals surface area (Å²) in [6.45, 7) is 3.60. The van der Waals surface area contributed by atoms with Crippen molar-refractivity contribution >= 4 is 17.6 Å². The van der Waals surface area contributed by atoms with Crippen LogP contribution in [0.5, 0.6) is 0 Å². The lowest BCUT2D eigenvalue weighted by molar-refractivity contribution is 0.0692. The van der Waals surface area contributed by atoms with E-state index in [0.29, 0.717) is 22.0 Å². The van der Waals surface area contributed by atoms with Gasteiger partial charge in [0.25, 0.3) is 0 Å². The summed E-state index contributed by atoms with van der Waals surface area (Å²) in [5.74, 6) is -0.541. The average molecular weight is 282 g/mol. The van der Waals surface area contributed by atoms with Crippen molar-refractivity contribution in [3.8, 4) is 0 Å². The van der Waals surface area contributed by atoms with Crippen LogP contribution >= 0.6 is 11.6 Å². The molecule has 5 heteroatoms. The third kappa shape index (κ3) is 4.03. The van der Waals surface area contributed by atoms with Crippen molar-refractivity contribution in [2.45, 2.75) is 20.5 Å². The Balaban J connectivity index is 3.01. The zero-order chi connectivity index (χ0) is 14.4. The molecule has 0 saturated carbocycles. The first-order valence-electron chi connectivity index (χ1n) is 5.70. The van der Waals surface area contributed by atoms with Crippen LogP contribution in [-0.2, 0) is 11.3 Å². The van der Waals surface area contributed by atoms with Gasteiger partial charge >= 0.3 is 5.97 Å². The molecule has 4 nitrogen and oxygen atoms in total. The molecule has 0 spiro atoms. The van der Waals surface area contributed by atoms with E-state index < -0.39 is 5.97 Å². The predicted octanol–water partition coefficient (Wildman–Crippen LogP) is 3.32. The van der Waals surface area contributed by atoms with Crippen molar-refractivity contribution in [1.82, 2.24) is 0 Å². The van der Waals surface area contributed by atoms with E-state index in [-0.39, 0.29) is 12.2 Å². The molecule has 19 heavy (non-hydrogen) atoms. The zero-order valence-corrected chi connectivity index (χ0v) is 11.6. The Labute approximate surface area is 117 Å². The number of rotatable bonds is 5. The van der Waals surface area contributed by atoms with Crippen LogP contribution in [0.15, 0.2) is 41.8 Å². The summed E-state index contributed by atoms with van der Waals surface area (Å²) < 4.78 is 5.52. The second-order valence-corrected chi connectivity index (χ2v) is 4.31. The molecular weight excluding hydrogens is 266 g/mol. The first kappa shape index (κ1) is 15.1. The summed E-state index contributed by atoms with van der Waals surface area (Å²) in [4.78, 5) is 11.1. The smallest absolute Gasteiger partial charge is 0.336 e. The monoisotopic (exact) mass is 281 g/mol. The summed E-state index contributed by atoms with van der Waals surface area (Å²) in [5.41, 5.74) is 6.75. The topological polar surface area (TPSA) is 72.5 Å². The van der Waals surface area contributed by atoms with Gasteiger partial charge in [-0.1, -0.05) is 23.7 Å². The summed E-state index contributed by atoms with van der Waals surface area (Å²) in [6, 6.07) is 4.70. The normalized spacial score (nSPS) is 12.4. The lowest BCUT2D eigenvalue weighted by Gasteiger charge is -2.12. The molecule has 0 aliphatic carbocycles. The first-order chi connectivity index (χ1) is 8.97. The van der Waals surface area contributed by atoms with E-state index in [2.05, 4.69) is 0 Å². The van der Waals surface area contributed by atoms with Crippen molar-refractivity contribution in [2.24, 2.45) is 5.73 Å². The third-order valence-electron chi connectivity index (χ3n) is 2.43. The number of hydrogen-bond donors (Lipinski definition) is 2. The number of halogens is 1. The third-order valence-corrected chi connectivity index (χ3v) is 2.78. The molecule has 0 aromatic heterocycles. The number of carboxylic acid groups (broad SMARTS) is 1. The molecule has 0 atom stereocenters. The number of aromatic carboxylic acids is 1. The van der Waals surface area contributed by atoms with Crippen molar-refractivity contribution in [3.05, 3.63) is 58.0 Å². The Hall–Kier alpha value is -1.94. The molecule has 0 amide bonds. The maximum Gasteiger partial charge on any atom is 0.336 e. The highest BCUT2D eigenvalue weighted by molar-refractivity contribution is 6.31. The van der Waals surface area contributed by atoms with Crippen molar-refractivity contribution in [2.75, 3.05) is 0 Å². The number of nitrogens with two attached hydrogens (primary N) is 1. The van der Waals surface area contributed by atoms with Gasteiger partial charge in [0.05, 0.1) is 5.56 Å². The fourth-order valence-electron chi connectivity index (χ4n) is 1.50. The van der Waals surface area contributed by atoms with Crippen LogP contribution in [0.25, 0.3) is 0 Å². The largest absolute Gasteiger partial charge is 0.487 e. The minimum atomic E-state index is -1.04. The maximum absolute atomic E-state index is 11.1. The van der Waals surface area contributed by atoms with Crippen molar-refractivity contribution < 1.29 is 14.6 Å². The molecular formula is C14H16ClNO3. The van der Waals surface area contributed by atoms with Crippen molar-refractivity contribution in [1.29, 1.82) is 0 Å². The van der Waals surface area contributed by atoms with Gasteiger partial charge in [-0.2, -0.15) is 0 Å². The molecule has 0 aliphatic rings. The van der Waals surface area contributed by atoms with Crippen LogP contribution in [0, 0.1) is 0 Å². The van der Waals surface area contributed by atoms with Gasteiger partial charge in [0, 0.05) is 16.3 Å². The van der Waals surface area contributed by atoms with E-state index in [1.807, 2.05) is 6.92 Å². The molecule has 0 bridgehead atoms. The SMILES string of the molecule is C/C=C\C(OCc1c(Cl)cccc1C(=O)O)=C(\C)N. The van der Waals surface area contributed by atoms with Crippen molar-refractivity contribution in [3.63, 3.8) is 0 Å². The van der Waals surface area contributed by atoms with Crippen LogP contribution < -0.4 is 5.73 Å². The Morgan fingerprint density at radius 3 is 2.74 bits per heavy atom. The van der Waals surface area contributed by atoms with E-state index in [4.69, 9.17) is 27.2 Å². The second kappa shape index (κ2) is 6.85. The van der Waals surface area contributed by atoms with Gasteiger partial charge in [0.15, 0.2) is 0 Å². The molecule has 0 aliphatic heterocycles. The summed E-state index contributed by atoms with van der Waals surface area (Å²) in [6.07, 6.45) is 3.50. The average Bonchev–Trinajstić information content (AvgIpc) is 2.34. The summed E-state index contributed by atoms with van der Waals surface area (Å²) >= 11 is 6.00. The fraction of sp³-hybridized carbons (Fsp3) is 0.214. The quantitative estimate of drug-likeness (QED) is 0.641. The Morgan fingerprint density at radius 1 is 1.53 bits per heavy atom. The molecule has 1 aromatic carbocycles. The van der Waals surface area contributed by atoms with Gasteiger partial charge in [-0.3, -0.25) is 0 Å². The minimum Gasteiger partial charge on any atom is -0.487 e. The van der Waals surface area contributed by atoms with Gasteiger partial charge in [-0.15, -0.1) is 0 Å². The molecule has 3 N–H and O–H groups in total. The number of allylic oxidation sites excluding steroid dienone is 3. The lowest BCUT2D eigenvalue weighted by Crippen LogP contribution is -2.06. The molecule has 0 unspecified atom stereocenters. The Kier molecular flexibility index (Phi) is 5.45. The fourth-order valence-corrected chi connectivity index (χ4v) is 1.73. The minimum absolute atomic E-state index is 0.0511. The number of carbonyl (C=O) groups is 1. The number of carboxylic acids is 1. The summed E-state index contributed by atoms with van der Waals surface area (Å²) in [7, 11) is 0. The molecule has 1 aromatic rings. The van der Waals surface area contributed by atoms with Crippen LogP contribution in [-0.4, -0.2) is 11.1 Å². The van der Waals surface area contributed by atoms with E-state index in [9.17, 15) is 4.79 Å². The van der Waals surface area contributed by atoms with Crippen LogP contribution in [0.2, 0.25) is 5.02 Å². The van der Waals surface area contributed by atoms with Crippen LogP contribution in [0.1, 0.15) is 29.8 Å². The van der Waals surface area contributed by atoms with Crippen LogP contribution in [0.4, 0.5) is 0 Å². The molecule has 0 fully saturated rings. The van der Waals surface area contributed by atoms with Gasteiger partial charge in [-0.05, 0) is 32.1 Å². The summed E-state index contributed by atoms with van der Waals surface area (Å²) in [5, 5.41) is 9.46. The zero-order valence-electron chi connectivity index (χ0n) is 10.8. The van der Waals surface area contributed by atoms with Gasteiger partial charge < -0.3 is 15.6 Å². The van der Waals surface area contributed by atoms with Gasteiger partial charge in [-0.25, -0.2) is 4.79 Å². The van der Waals surface area contributed by atoms with Gasteiger partial charge in [0.2, 0.25) is 0 Å². The first-order valence-corrected chi connectivity index (χ1v) is 6.07. The molecule has 102 valence electrons. The highest BCUT2D eigenvalue weighted by Gasteiger charge is 2.13. The van der Waals surface area contributed by atoms with Crippen LogP contribution in [0.3, 0.4) is 0 Å².